The van der Waals surface area contributed by atoms with Crippen LogP contribution in [0.3, 0.4) is 0 Å². The van der Waals surface area contributed by atoms with E-state index in [4.69, 9.17) is 0 Å². The predicted molar refractivity (Wildman–Crippen MR) is 102 cm³/mol. The van der Waals surface area contributed by atoms with E-state index in [-0.39, 0.29) is 6.42 Å². The van der Waals surface area contributed by atoms with Crippen LogP contribution in [0.2, 0.25) is 0 Å². The second kappa shape index (κ2) is 6.36. The summed E-state index contributed by atoms with van der Waals surface area (Å²) in [6.45, 7) is 0. The molecule has 0 heterocycles. The average molecular weight is 560 g/mol. The van der Waals surface area contributed by atoms with E-state index in [0.29, 0.717) is 0 Å². The van der Waals surface area contributed by atoms with Crippen molar-refractivity contribution in [3.63, 3.8) is 0 Å². The van der Waals surface area contributed by atoms with Crippen molar-refractivity contribution in [3.05, 3.63) is 0 Å². The van der Waals surface area contributed by atoms with Gasteiger partial charge in [0.25, 0.3) is 0 Å². The number of hydrogen-bond donors (Lipinski definition) is 0. The van der Waals surface area contributed by atoms with Crippen LogP contribution in [0.4, 0.5) is 57.1 Å². The van der Waals surface area contributed by atoms with Gasteiger partial charge in [0.2, 0.25) is 0 Å². The number of hydrogen-bond acceptors (Lipinski definition) is 0. The fourth-order valence-electron chi connectivity index (χ4n) is 11.3. The summed E-state index contributed by atoms with van der Waals surface area (Å²) in [6.07, 6.45) is -32.6. The van der Waals surface area contributed by atoms with Crippen molar-refractivity contribution in [1.82, 2.24) is 0 Å². The molecule has 0 spiro atoms. The summed E-state index contributed by atoms with van der Waals surface area (Å²) in [5.41, 5.74) is -19.4. The third-order valence-electron chi connectivity index (χ3n) is 11.6. The quantitative estimate of drug-likeness (QED) is 0.281. The molecular weight excluding hydrogens is 535 g/mol. The zero-order valence-corrected chi connectivity index (χ0v) is 19.5. The van der Waals surface area contributed by atoms with Gasteiger partial charge >= 0.3 is 24.7 Å². The van der Waals surface area contributed by atoms with E-state index >= 15 is 4.39 Å². The minimum Gasteiger partial charge on any atom is -0.244 e. The lowest BCUT2D eigenvalue weighted by molar-refractivity contribution is -0.410. The van der Waals surface area contributed by atoms with Crippen LogP contribution in [-0.2, 0) is 0 Å². The first-order valence-electron chi connectivity index (χ1n) is 12.4. The molecule has 4 atom stereocenters. The third kappa shape index (κ3) is 3.00. The van der Waals surface area contributed by atoms with Crippen molar-refractivity contribution in [2.45, 2.75) is 107 Å². The molecule has 8 bridgehead atoms. The van der Waals surface area contributed by atoms with Gasteiger partial charge in [-0.25, -0.2) is 4.39 Å². The van der Waals surface area contributed by atoms with E-state index < -0.39 is 139 Å². The zero-order valence-electron chi connectivity index (χ0n) is 19.5. The van der Waals surface area contributed by atoms with Crippen LogP contribution < -0.4 is 0 Å². The van der Waals surface area contributed by atoms with Crippen molar-refractivity contribution >= 4 is 0 Å². The summed E-state index contributed by atoms with van der Waals surface area (Å²) in [5.74, 6) is -1.16. The van der Waals surface area contributed by atoms with Gasteiger partial charge in [-0.3, -0.25) is 0 Å². The molecule has 0 radical (unpaired) electrons. The second-order valence-corrected chi connectivity index (χ2v) is 13.9. The molecule has 8 aliphatic carbocycles. The van der Waals surface area contributed by atoms with E-state index in [1.54, 1.807) is 0 Å². The van der Waals surface area contributed by atoms with Gasteiger partial charge in [0.05, 0.1) is 21.7 Å². The SMILES string of the molecule is FC12CC3(C(F)(F)F)CC(C(F)(F)F)(C1)CC(C14CC5CC(C(F)(F)F)(CC(C(F)(F)F)(C5)C1)C4)(C2)C3. The topological polar surface area (TPSA) is 0 Å². The minimum absolute atomic E-state index is 0.333. The number of halogens is 13. The molecule has 13 heteroatoms. The maximum Gasteiger partial charge on any atom is 0.394 e. The molecule has 0 aliphatic heterocycles. The highest BCUT2D eigenvalue weighted by Crippen LogP contribution is 2.87. The molecular formula is C24H25F13. The standard InChI is InChI=1S/C24H25F13/c25-20-10-17(7-18(11-20,23(32,33)34)9-19(8-17,12-20)24(35,36)37)14-1-13-2-15(4-14,21(26,27)28)6-16(3-13,5-14)22(29,30)31/h13H,1-12H2. The third-order valence-corrected chi connectivity index (χ3v) is 11.6. The van der Waals surface area contributed by atoms with Crippen LogP contribution in [0.1, 0.15) is 77.0 Å². The van der Waals surface area contributed by atoms with Gasteiger partial charge in [0.1, 0.15) is 5.67 Å². The van der Waals surface area contributed by atoms with Crippen LogP contribution in [0.15, 0.2) is 0 Å². The summed E-state index contributed by atoms with van der Waals surface area (Å²) >= 11 is 0. The van der Waals surface area contributed by atoms with E-state index in [1.165, 1.54) is 0 Å². The normalized spacial score (nSPS) is 53.3. The molecule has 0 aromatic carbocycles. The molecule has 8 saturated carbocycles. The molecule has 0 nitrogen and oxygen atoms in total. The number of rotatable bonds is 1. The molecule has 0 saturated heterocycles. The van der Waals surface area contributed by atoms with E-state index in [2.05, 4.69) is 0 Å². The molecule has 0 aromatic rings. The van der Waals surface area contributed by atoms with Gasteiger partial charge < -0.3 is 0 Å². The van der Waals surface area contributed by atoms with Crippen LogP contribution in [0.25, 0.3) is 0 Å². The fraction of sp³-hybridized carbons (Fsp3) is 1.00. The molecule has 212 valence electrons. The van der Waals surface area contributed by atoms with Crippen LogP contribution >= 0.6 is 0 Å². The number of alkyl halides is 13. The van der Waals surface area contributed by atoms with Gasteiger partial charge in [-0.05, 0) is 93.8 Å². The van der Waals surface area contributed by atoms with Crippen molar-refractivity contribution in [1.29, 1.82) is 0 Å². The summed E-state index contributed by atoms with van der Waals surface area (Å²) in [7, 11) is 0. The van der Waals surface area contributed by atoms with E-state index in [1.807, 2.05) is 0 Å². The predicted octanol–water partition coefficient (Wildman–Crippen LogP) is 9.24. The monoisotopic (exact) mass is 560 g/mol. The van der Waals surface area contributed by atoms with E-state index in [9.17, 15) is 52.7 Å². The smallest absolute Gasteiger partial charge is 0.244 e. The Kier molecular flexibility index (Phi) is 4.52. The molecule has 4 unspecified atom stereocenters. The van der Waals surface area contributed by atoms with Gasteiger partial charge in [0.15, 0.2) is 0 Å². The molecule has 0 aromatic heterocycles. The van der Waals surface area contributed by atoms with Gasteiger partial charge in [-0.15, -0.1) is 0 Å². The molecule has 8 rings (SSSR count). The van der Waals surface area contributed by atoms with E-state index in [0.717, 1.165) is 0 Å². The Morgan fingerprint density at radius 3 is 1.11 bits per heavy atom. The van der Waals surface area contributed by atoms with Gasteiger partial charge in [-0.1, -0.05) is 0 Å². The van der Waals surface area contributed by atoms with Crippen molar-refractivity contribution in [2.24, 2.45) is 38.4 Å². The first-order valence-corrected chi connectivity index (χ1v) is 12.4. The Morgan fingerprint density at radius 2 is 0.730 bits per heavy atom. The Bertz CT molecular complexity index is 954. The highest BCUT2D eigenvalue weighted by Gasteiger charge is 2.86. The first kappa shape index (κ1) is 26.3. The maximum atomic E-state index is 16.2. The lowest BCUT2D eigenvalue weighted by atomic mass is 9.27. The summed E-state index contributed by atoms with van der Waals surface area (Å²) < 4.78 is 190. The highest BCUT2D eigenvalue weighted by atomic mass is 19.4. The highest BCUT2D eigenvalue weighted by molar-refractivity contribution is 5.29. The van der Waals surface area contributed by atoms with Crippen LogP contribution in [0.5, 0.6) is 0 Å². The summed E-state index contributed by atoms with van der Waals surface area (Å²) in [4.78, 5) is 0. The van der Waals surface area contributed by atoms with Crippen molar-refractivity contribution in [2.75, 3.05) is 0 Å². The molecule has 37 heavy (non-hydrogen) atoms. The molecule has 8 fully saturated rings. The Balaban J connectivity index is 1.59. The van der Waals surface area contributed by atoms with Crippen molar-refractivity contribution in [3.8, 4) is 0 Å². The largest absolute Gasteiger partial charge is 0.394 e. The zero-order chi connectivity index (χ0) is 27.6. The van der Waals surface area contributed by atoms with Crippen LogP contribution in [-0.4, -0.2) is 30.4 Å². The second-order valence-electron chi connectivity index (χ2n) is 13.9. The molecule has 8 aliphatic rings. The van der Waals surface area contributed by atoms with Gasteiger partial charge in [0, 0.05) is 0 Å². The molecule has 0 N–H and O–H groups in total. The fourth-order valence-corrected chi connectivity index (χ4v) is 11.3. The minimum atomic E-state index is -5.29. The lowest BCUT2D eigenvalue weighted by Gasteiger charge is -2.77. The average Bonchev–Trinajstić information content (AvgIpc) is 2.61. The van der Waals surface area contributed by atoms with Crippen molar-refractivity contribution < 1.29 is 57.1 Å². The Hall–Kier alpha value is -0.910. The Morgan fingerprint density at radius 1 is 0.378 bits per heavy atom. The maximum absolute atomic E-state index is 16.2. The summed E-state index contributed by atoms with van der Waals surface area (Å²) in [5, 5.41) is 0. The lowest BCUT2D eigenvalue weighted by Crippen LogP contribution is -2.75. The van der Waals surface area contributed by atoms with Gasteiger partial charge in [-0.2, -0.15) is 52.7 Å². The first-order chi connectivity index (χ1) is 16.4. The molecule has 0 amide bonds. The van der Waals surface area contributed by atoms with Crippen LogP contribution in [0, 0.1) is 38.4 Å². The Labute approximate surface area is 203 Å². The summed E-state index contributed by atoms with van der Waals surface area (Å²) in [6, 6.07) is 0.